The topological polar surface area (TPSA) is 97.6 Å². The minimum atomic E-state index is -0.337. The lowest BCUT2D eigenvalue weighted by atomic mass is 10.1. The van der Waals surface area contributed by atoms with Gasteiger partial charge in [-0.15, -0.1) is 0 Å². The van der Waals surface area contributed by atoms with Crippen LogP contribution < -0.4 is 15.4 Å². The number of ketones is 1. The van der Waals surface area contributed by atoms with Gasteiger partial charge >= 0.3 is 0 Å². The number of anilines is 1. The second-order valence-electron chi connectivity index (χ2n) is 5.71. The molecule has 0 radical (unpaired) electrons. The first kappa shape index (κ1) is 19.2. The average Bonchev–Trinajstić information content (AvgIpc) is 3.12. The van der Waals surface area contributed by atoms with Gasteiger partial charge in [0.25, 0.3) is 5.91 Å². The molecule has 7 heteroatoms. The molecule has 138 valence electrons. The summed E-state index contributed by atoms with van der Waals surface area (Å²) in [5.41, 5.74) is 0.821. The highest BCUT2D eigenvalue weighted by Gasteiger charge is 2.13. The Kier molecular flexibility index (Phi) is 6.96. The lowest BCUT2D eigenvalue weighted by Crippen LogP contribution is -2.28. The molecule has 0 saturated carbocycles. The molecule has 26 heavy (non-hydrogen) atoms. The molecule has 2 rings (SSSR count). The summed E-state index contributed by atoms with van der Waals surface area (Å²) in [6, 6.07) is 8.23. The Bertz CT molecular complexity index is 768. The Morgan fingerprint density at radius 1 is 1.15 bits per heavy atom. The Hall–Kier alpha value is -3.09. The Balaban J connectivity index is 1.95. The summed E-state index contributed by atoms with van der Waals surface area (Å²) >= 11 is 0. The van der Waals surface area contributed by atoms with Crippen molar-refractivity contribution in [3.05, 3.63) is 47.9 Å². The van der Waals surface area contributed by atoms with E-state index in [2.05, 4.69) is 10.6 Å². The molecular weight excluding hydrogens is 336 g/mol. The number of furan rings is 1. The highest BCUT2D eigenvalue weighted by molar-refractivity contribution is 5.99. The molecule has 0 spiro atoms. The van der Waals surface area contributed by atoms with Crippen LogP contribution in [0.25, 0.3) is 0 Å². The molecule has 0 fully saturated rings. The lowest BCUT2D eigenvalue weighted by Gasteiger charge is -2.12. The van der Waals surface area contributed by atoms with Crippen molar-refractivity contribution >= 4 is 23.3 Å². The number of carbonyl (C=O) groups is 3. The third-order valence-corrected chi connectivity index (χ3v) is 3.52. The largest absolute Gasteiger partial charge is 0.483 e. The van der Waals surface area contributed by atoms with E-state index in [4.69, 9.17) is 9.15 Å². The van der Waals surface area contributed by atoms with Gasteiger partial charge in [-0.2, -0.15) is 0 Å². The van der Waals surface area contributed by atoms with Gasteiger partial charge < -0.3 is 19.8 Å². The molecule has 1 aromatic carbocycles. The molecule has 1 heterocycles. The minimum Gasteiger partial charge on any atom is -0.483 e. The molecule has 0 aliphatic heterocycles. The normalized spacial score (nSPS) is 10.2. The lowest BCUT2D eigenvalue weighted by molar-refractivity contribution is -0.123. The zero-order chi connectivity index (χ0) is 18.9. The third-order valence-electron chi connectivity index (χ3n) is 3.52. The number of benzene rings is 1. The molecular formula is C19H22N2O5. The fraction of sp³-hybridized carbons (Fsp3) is 0.316. The second-order valence-corrected chi connectivity index (χ2v) is 5.71. The minimum absolute atomic E-state index is 0.118. The summed E-state index contributed by atoms with van der Waals surface area (Å²) in [6.07, 6.45) is 2.67. The van der Waals surface area contributed by atoms with E-state index in [9.17, 15) is 14.4 Å². The van der Waals surface area contributed by atoms with Gasteiger partial charge in [0.1, 0.15) is 11.5 Å². The highest BCUT2D eigenvalue weighted by atomic mass is 16.5. The van der Waals surface area contributed by atoms with E-state index in [0.29, 0.717) is 29.2 Å². The maximum atomic E-state index is 11.9. The first-order valence-corrected chi connectivity index (χ1v) is 8.36. The van der Waals surface area contributed by atoms with E-state index < -0.39 is 0 Å². The Labute approximate surface area is 151 Å². The molecule has 0 atom stereocenters. The molecule has 0 unspecified atom stereocenters. The van der Waals surface area contributed by atoms with E-state index in [1.165, 1.54) is 13.2 Å². The van der Waals surface area contributed by atoms with Crippen LogP contribution >= 0.6 is 0 Å². The molecule has 2 amide bonds. The fourth-order valence-electron chi connectivity index (χ4n) is 2.25. The predicted octanol–water partition coefficient (Wildman–Crippen LogP) is 2.92. The van der Waals surface area contributed by atoms with E-state index >= 15 is 0 Å². The summed E-state index contributed by atoms with van der Waals surface area (Å²) in [5, 5.41) is 5.39. The maximum absolute atomic E-state index is 11.9. The van der Waals surface area contributed by atoms with Crippen molar-refractivity contribution in [2.24, 2.45) is 0 Å². The van der Waals surface area contributed by atoms with Gasteiger partial charge in [-0.25, -0.2) is 0 Å². The molecule has 0 saturated heterocycles. The zero-order valence-corrected chi connectivity index (χ0v) is 14.8. The van der Waals surface area contributed by atoms with Crippen molar-refractivity contribution in [2.45, 2.75) is 33.2 Å². The van der Waals surface area contributed by atoms with Crippen molar-refractivity contribution < 1.29 is 23.5 Å². The quantitative estimate of drug-likeness (QED) is 0.672. The van der Waals surface area contributed by atoms with Gasteiger partial charge in [0.05, 0.1) is 18.4 Å². The van der Waals surface area contributed by atoms with Gasteiger partial charge in [0.2, 0.25) is 5.91 Å². The van der Waals surface area contributed by atoms with Crippen LogP contribution in [0.1, 0.15) is 42.8 Å². The second kappa shape index (κ2) is 9.41. The standard InChI is InChI=1S/C19H22N2O5/c1-3-5-18(23)21-14-7-8-17(16(10-14)13(2)22)26-12-19(24)20-11-15-6-4-9-25-15/h4,6-10H,3,5,11-12H2,1-2H3,(H,20,24)(H,21,23). The predicted molar refractivity (Wildman–Crippen MR) is 96.0 cm³/mol. The summed E-state index contributed by atoms with van der Waals surface area (Å²) in [5.74, 6) is 0.251. The molecule has 2 aromatic rings. The van der Waals surface area contributed by atoms with E-state index in [-0.39, 0.29) is 30.7 Å². The van der Waals surface area contributed by atoms with Crippen LogP contribution in [-0.2, 0) is 16.1 Å². The van der Waals surface area contributed by atoms with E-state index in [0.717, 1.165) is 6.42 Å². The number of hydrogen-bond donors (Lipinski definition) is 2. The van der Waals surface area contributed by atoms with Gasteiger partial charge in [-0.05, 0) is 43.7 Å². The number of nitrogens with one attached hydrogen (secondary N) is 2. The molecule has 0 aliphatic rings. The van der Waals surface area contributed by atoms with Crippen LogP contribution in [-0.4, -0.2) is 24.2 Å². The first-order chi connectivity index (χ1) is 12.5. The molecule has 2 N–H and O–H groups in total. The fourth-order valence-corrected chi connectivity index (χ4v) is 2.25. The zero-order valence-electron chi connectivity index (χ0n) is 14.8. The monoisotopic (exact) mass is 358 g/mol. The van der Waals surface area contributed by atoms with Crippen molar-refractivity contribution in [3.63, 3.8) is 0 Å². The number of carbonyl (C=O) groups excluding carboxylic acids is 3. The summed E-state index contributed by atoms with van der Waals surface area (Å²) in [6.45, 7) is 3.34. The van der Waals surface area contributed by atoms with Crippen molar-refractivity contribution in [1.29, 1.82) is 0 Å². The molecule has 1 aromatic heterocycles. The molecule has 0 aliphatic carbocycles. The highest BCUT2D eigenvalue weighted by Crippen LogP contribution is 2.23. The van der Waals surface area contributed by atoms with E-state index in [1.54, 1.807) is 30.3 Å². The molecule has 0 bridgehead atoms. The van der Waals surface area contributed by atoms with Gasteiger partial charge in [0.15, 0.2) is 12.4 Å². The third kappa shape index (κ3) is 5.77. The van der Waals surface area contributed by atoms with Crippen LogP contribution in [0.15, 0.2) is 41.0 Å². The van der Waals surface area contributed by atoms with Crippen molar-refractivity contribution in [1.82, 2.24) is 5.32 Å². The van der Waals surface area contributed by atoms with Crippen LogP contribution in [0.2, 0.25) is 0 Å². The van der Waals surface area contributed by atoms with Crippen LogP contribution in [0.4, 0.5) is 5.69 Å². The first-order valence-electron chi connectivity index (χ1n) is 8.36. The van der Waals surface area contributed by atoms with Gasteiger partial charge in [0, 0.05) is 12.1 Å². The maximum Gasteiger partial charge on any atom is 0.258 e. The Morgan fingerprint density at radius 2 is 1.96 bits per heavy atom. The van der Waals surface area contributed by atoms with Gasteiger partial charge in [-0.1, -0.05) is 6.92 Å². The smallest absolute Gasteiger partial charge is 0.258 e. The van der Waals surface area contributed by atoms with Gasteiger partial charge in [-0.3, -0.25) is 14.4 Å². The number of ether oxygens (including phenoxy) is 1. The van der Waals surface area contributed by atoms with Crippen LogP contribution in [0.5, 0.6) is 5.75 Å². The molecule has 7 nitrogen and oxygen atoms in total. The number of amides is 2. The van der Waals surface area contributed by atoms with Crippen LogP contribution in [0, 0.1) is 0 Å². The van der Waals surface area contributed by atoms with Crippen LogP contribution in [0.3, 0.4) is 0 Å². The number of rotatable bonds is 9. The van der Waals surface area contributed by atoms with Crippen molar-refractivity contribution in [2.75, 3.05) is 11.9 Å². The van der Waals surface area contributed by atoms with E-state index in [1.807, 2.05) is 6.92 Å². The number of hydrogen-bond acceptors (Lipinski definition) is 5. The SMILES string of the molecule is CCCC(=O)Nc1ccc(OCC(=O)NCc2ccco2)c(C(C)=O)c1. The Morgan fingerprint density at radius 3 is 2.62 bits per heavy atom. The summed E-state index contributed by atoms with van der Waals surface area (Å²) in [4.78, 5) is 35.4. The van der Waals surface area contributed by atoms with Crippen molar-refractivity contribution in [3.8, 4) is 5.75 Å². The summed E-state index contributed by atoms with van der Waals surface area (Å²) < 4.78 is 10.6. The average molecular weight is 358 g/mol. The summed E-state index contributed by atoms with van der Waals surface area (Å²) in [7, 11) is 0. The number of Topliss-reactive ketones (excluding diaryl/α,β-unsaturated/α-hetero) is 1.